The Hall–Kier alpha value is -1.02. The van der Waals surface area contributed by atoms with Gasteiger partial charge in [0.25, 0.3) is 0 Å². The molecule has 0 bridgehead atoms. The van der Waals surface area contributed by atoms with Gasteiger partial charge in [-0.3, -0.25) is 0 Å². The van der Waals surface area contributed by atoms with Gasteiger partial charge in [0.2, 0.25) is 0 Å². The highest BCUT2D eigenvalue weighted by Gasteiger charge is 2.18. The van der Waals surface area contributed by atoms with Gasteiger partial charge >= 0.3 is 0 Å². The maximum atomic E-state index is 5.80. The minimum Gasteiger partial charge on any atom is -0.496 e. The fraction of sp³-hybridized carbons (Fsp3) is 0.625. The number of ether oxygens (including phenoxy) is 1. The molecule has 0 spiro atoms. The van der Waals surface area contributed by atoms with Crippen LogP contribution in [0.15, 0.2) is 6.07 Å². The van der Waals surface area contributed by atoms with Crippen LogP contribution in [0, 0.1) is 26.2 Å². The number of rotatable bonds is 5. The highest BCUT2D eigenvalue weighted by atomic mass is 16.5. The Morgan fingerprint density at radius 2 is 1.78 bits per heavy atom. The third kappa shape index (κ3) is 3.26. The molecular weight excluding hydrogens is 222 g/mol. The van der Waals surface area contributed by atoms with Crippen LogP contribution in [-0.4, -0.2) is 13.7 Å². The fourth-order valence-electron chi connectivity index (χ4n) is 2.26. The zero-order valence-corrected chi connectivity index (χ0v) is 12.7. The van der Waals surface area contributed by atoms with Crippen LogP contribution in [0.4, 0.5) is 0 Å². The van der Waals surface area contributed by atoms with Gasteiger partial charge in [-0.05, 0) is 67.8 Å². The lowest BCUT2D eigenvalue weighted by Gasteiger charge is -2.24. The Kier molecular flexibility index (Phi) is 4.80. The zero-order chi connectivity index (χ0) is 13.9. The fourth-order valence-corrected chi connectivity index (χ4v) is 2.26. The van der Waals surface area contributed by atoms with E-state index in [0.29, 0.717) is 0 Å². The highest BCUT2D eigenvalue weighted by Crippen LogP contribution is 2.32. The molecule has 0 saturated carbocycles. The number of hydrogen-bond acceptors (Lipinski definition) is 2. The Morgan fingerprint density at radius 1 is 1.17 bits per heavy atom. The van der Waals surface area contributed by atoms with Crippen LogP contribution >= 0.6 is 0 Å². The lowest BCUT2D eigenvalue weighted by molar-refractivity contribution is 0.342. The molecule has 0 aromatic heterocycles. The number of benzene rings is 1. The predicted molar refractivity (Wildman–Crippen MR) is 78.4 cm³/mol. The summed E-state index contributed by atoms with van der Waals surface area (Å²) in [5.41, 5.74) is 11.2. The number of nitrogens with two attached hydrogens (primary N) is 1. The third-order valence-electron chi connectivity index (χ3n) is 3.92. The van der Waals surface area contributed by atoms with Crippen molar-refractivity contribution in [2.45, 2.75) is 47.5 Å². The van der Waals surface area contributed by atoms with Crippen molar-refractivity contribution in [2.75, 3.05) is 13.7 Å². The quantitative estimate of drug-likeness (QED) is 0.866. The van der Waals surface area contributed by atoms with Crippen molar-refractivity contribution < 1.29 is 4.74 Å². The van der Waals surface area contributed by atoms with Crippen LogP contribution < -0.4 is 10.5 Å². The van der Waals surface area contributed by atoms with Crippen molar-refractivity contribution in [3.05, 3.63) is 28.3 Å². The van der Waals surface area contributed by atoms with Gasteiger partial charge in [0.1, 0.15) is 5.75 Å². The first-order valence-corrected chi connectivity index (χ1v) is 6.66. The average molecular weight is 249 g/mol. The molecule has 2 heteroatoms. The molecule has 0 aliphatic rings. The molecule has 2 nitrogen and oxygen atoms in total. The standard InChI is InChI=1S/C16H27NO/c1-11-9-12(2)14(15(18-6)13(11)3)7-8-16(4,5)10-17/h9H,7-8,10,17H2,1-6H3. The molecule has 102 valence electrons. The third-order valence-corrected chi connectivity index (χ3v) is 3.92. The summed E-state index contributed by atoms with van der Waals surface area (Å²) >= 11 is 0. The molecule has 0 unspecified atom stereocenters. The Bertz CT molecular complexity index is 422. The van der Waals surface area contributed by atoms with E-state index in [1.165, 1.54) is 22.3 Å². The highest BCUT2D eigenvalue weighted by molar-refractivity contribution is 5.49. The van der Waals surface area contributed by atoms with Crippen molar-refractivity contribution >= 4 is 0 Å². The first-order valence-electron chi connectivity index (χ1n) is 6.66. The lowest BCUT2D eigenvalue weighted by atomic mass is 9.84. The molecule has 0 aliphatic carbocycles. The van der Waals surface area contributed by atoms with Crippen molar-refractivity contribution in [3.8, 4) is 5.75 Å². The normalized spacial score (nSPS) is 11.7. The zero-order valence-electron chi connectivity index (χ0n) is 12.7. The van der Waals surface area contributed by atoms with Crippen LogP contribution in [0.2, 0.25) is 0 Å². The minimum absolute atomic E-state index is 0.191. The largest absolute Gasteiger partial charge is 0.496 e. The van der Waals surface area contributed by atoms with Crippen molar-refractivity contribution in [2.24, 2.45) is 11.1 Å². The molecule has 0 amide bonds. The summed E-state index contributed by atoms with van der Waals surface area (Å²) in [7, 11) is 1.76. The topological polar surface area (TPSA) is 35.2 Å². The monoisotopic (exact) mass is 249 g/mol. The summed E-state index contributed by atoms with van der Waals surface area (Å²) in [6.45, 7) is 11.6. The summed E-state index contributed by atoms with van der Waals surface area (Å²) in [4.78, 5) is 0. The van der Waals surface area contributed by atoms with E-state index in [-0.39, 0.29) is 5.41 Å². The molecule has 2 N–H and O–H groups in total. The molecule has 0 aliphatic heterocycles. The van der Waals surface area contributed by atoms with Gasteiger partial charge in [0.15, 0.2) is 0 Å². The molecule has 1 aromatic carbocycles. The Balaban J connectivity index is 3.05. The van der Waals surface area contributed by atoms with E-state index in [1.54, 1.807) is 7.11 Å². The first-order chi connectivity index (χ1) is 8.32. The maximum absolute atomic E-state index is 5.80. The Morgan fingerprint density at radius 3 is 2.28 bits per heavy atom. The molecule has 0 heterocycles. The predicted octanol–water partition coefficient (Wildman–Crippen LogP) is 3.54. The van der Waals surface area contributed by atoms with Gasteiger partial charge in [-0.25, -0.2) is 0 Å². The molecule has 0 fully saturated rings. The second kappa shape index (κ2) is 5.75. The van der Waals surface area contributed by atoms with Crippen LogP contribution in [0.25, 0.3) is 0 Å². The van der Waals surface area contributed by atoms with E-state index < -0.39 is 0 Å². The number of hydrogen-bond donors (Lipinski definition) is 1. The first kappa shape index (κ1) is 15.0. The van der Waals surface area contributed by atoms with Crippen LogP contribution in [0.1, 0.15) is 42.5 Å². The minimum atomic E-state index is 0.191. The summed E-state index contributed by atoms with van der Waals surface area (Å²) < 4.78 is 5.61. The van der Waals surface area contributed by atoms with Crippen molar-refractivity contribution in [3.63, 3.8) is 0 Å². The van der Waals surface area contributed by atoms with Gasteiger partial charge in [-0.1, -0.05) is 19.9 Å². The molecule has 0 radical (unpaired) electrons. The summed E-state index contributed by atoms with van der Waals surface area (Å²) in [6, 6.07) is 2.25. The summed E-state index contributed by atoms with van der Waals surface area (Å²) in [6.07, 6.45) is 2.11. The van der Waals surface area contributed by atoms with Gasteiger partial charge in [0.05, 0.1) is 7.11 Å². The average Bonchev–Trinajstić information content (AvgIpc) is 2.32. The Labute approximate surface area is 112 Å². The SMILES string of the molecule is COc1c(C)c(C)cc(C)c1CCC(C)(C)CN. The van der Waals surface area contributed by atoms with E-state index in [4.69, 9.17) is 10.5 Å². The summed E-state index contributed by atoms with van der Waals surface area (Å²) in [5, 5.41) is 0. The molecule has 1 aromatic rings. The second-order valence-electron chi connectivity index (χ2n) is 6.02. The van der Waals surface area contributed by atoms with E-state index >= 15 is 0 Å². The van der Waals surface area contributed by atoms with Gasteiger partial charge in [-0.15, -0.1) is 0 Å². The van der Waals surface area contributed by atoms with Crippen molar-refractivity contribution in [1.29, 1.82) is 0 Å². The molecule has 0 saturated heterocycles. The van der Waals surface area contributed by atoms with Gasteiger partial charge in [0, 0.05) is 0 Å². The van der Waals surface area contributed by atoms with Crippen LogP contribution in [0.3, 0.4) is 0 Å². The molecule has 18 heavy (non-hydrogen) atoms. The van der Waals surface area contributed by atoms with E-state index in [1.807, 2.05) is 0 Å². The molecule has 1 rings (SSSR count). The van der Waals surface area contributed by atoms with E-state index in [9.17, 15) is 0 Å². The molecular formula is C16H27NO. The smallest absolute Gasteiger partial charge is 0.125 e. The van der Waals surface area contributed by atoms with Crippen molar-refractivity contribution in [1.82, 2.24) is 0 Å². The maximum Gasteiger partial charge on any atom is 0.125 e. The van der Waals surface area contributed by atoms with E-state index in [2.05, 4.69) is 40.7 Å². The summed E-state index contributed by atoms with van der Waals surface area (Å²) in [5.74, 6) is 1.06. The number of methoxy groups -OCH3 is 1. The van der Waals surface area contributed by atoms with Gasteiger partial charge < -0.3 is 10.5 Å². The van der Waals surface area contributed by atoms with Crippen LogP contribution in [-0.2, 0) is 6.42 Å². The lowest BCUT2D eigenvalue weighted by Crippen LogP contribution is -2.24. The second-order valence-corrected chi connectivity index (χ2v) is 6.02. The van der Waals surface area contributed by atoms with Gasteiger partial charge in [-0.2, -0.15) is 0 Å². The van der Waals surface area contributed by atoms with E-state index in [0.717, 1.165) is 25.1 Å². The number of aryl methyl sites for hydroxylation is 2. The molecule has 0 atom stereocenters. The van der Waals surface area contributed by atoms with Crippen LogP contribution in [0.5, 0.6) is 5.75 Å².